The van der Waals surface area contributed by atoms with Crippen molar-refractivity contribution in [2.45, 2.75) is 6.92 Å². The summed E-state index contributed by atoms with van der Waals surface area (Å²) >= 11 is 0. The number of aromatic nitrogens is 2. The van der Waals surface area contributed by atoms with Gasteiger partial charge in [-0.2, -0.15) is 0 Å². The van der Waals surface area contributed by atoms with E-state index in [0.717, 1.165) is 28.5 Å². The van der Waals surface area contributed by atoms with Crippen molar-refractivity contribution in [3.63, 3.8) is 0 Å². The lowest BCUT2D eigenvalue weighted by atomic mass is 10.1. The van der Waals surface area contributed by atoms with Gasteiger partial charge in [-0.25, -0.2) is 4.98 Å². The first-order chi connectivity index (χ1) is 8.66. The van der Waals surface area contributed by atoms with Crippen molar-refractivity contribution in [2.75, 3.05) is 18.9 Å². The number of ether oxygens (including phenoxy) is 2. The zero-order chi connectivity index (χ0) is 12.7. The van der Waals surface area contributed by atoms with E-state index in [9.17, 15) is 0 Å². The van der Waals surface area contributed by atoms with Crippen molar-refractivity contribution < 1.29 is 9.47 Å². The molecule has 0 bridgehead atoms. The molecule has 2 N–H and O–H groups in total. The molecular weight excluding hydrogens is 230 g/mol. The van der Waals surface area contributed by atoms with E-state index in [1.54, 1.807) is 0 Å². The number of nitrogen functional groups attached to an aromatic ring is 1. The van der Waals surface area contributed by atoms with Gasteiger partial charge >= 0.3 is 0 Å². The highest BCUT2D eigenvalue weighted by atomic mass is 16.6. The summed E-state index contributed by atoms with van der Waals surface area (Å²) in [6.45, 7) is 3.18. The summed E-state index contributed by atoms with van der Waals surface area (Å²) < 4.78 is 12.9. The van der Waals surface area contributed by atoms with Crippen LogP contribution in [0.4, 0.5) is 5.95 Å². The summed E-state index contributed by atoms with van der Waals surface area (Å²) in [4.78, 5) is 4.37. The van der Waals surface area contributed by atoms with E-state index in [0.29, 0.717) is 19.2 Å². The predicted molar refractivity (Wildman–Crippen MR) is 68.8 cm³/mol. The lowest BCUT2D eigenvalue weighted by Gasteiger charge is -2.18. The van der Waals surface area contributed by atoms with Crippen molar-refractivity contribution in [1.29, 1.82) is 0 Å². The Morgan fingerprint density at radius 3 is 2.61 bits per heavy atom. The average Bonchev–Trinajstić information content (AvgIpc) is 2.66. The number of rotatable bonds is 1. The monoisotopic (exact) mass is 245 g/mol. The molecule has 0 aliphatic carbocycles. The second-order valence-electron chi connectivity index (χ2n) is 4.32. The predicted octanol–water partition coefficient (Wildman–Crippen LogP) is 1.75. The normalized spacial score (nSPS) is 13.7. The summed E-state index contributed by atoms with van der Waals surface area (Å²) in [6.07, 6.45) is 0. The van der Waals surface area contributed by atoms with Crippen molar-refractivity contribution >= 4 is 5.95 Å². The Balaban J connectivity index is 2.09. The molecule has 0 saturated heterocycles. The highest BCUT2D eigenvalue weighted by molar-refractivity contribution is 5.67. The Morgan fingerprint density at radius 2 is 1.94 bits per heavy atom. The van der Waals surface area contributed by atoms with Crippen LogP contribution in [0.2, 0.25) is 0 Å². The molecule has 1 aliphatic rings. The summed E-state index contributed by atoms with van der Waals surface area (Å²) in [5.41, 5.74) is 8.72. The molecule has 5 nitrogen and oxygen atoms in total. The van der Waals surface area contributed by atoms with Crippen LogP contribution in [0.5, 0.6) is 11.5 Å². The number of hydrogen-bond donors (Lipinski definition) is 1. The highest BCUT2D eigenvalue weighted by Crippen LogP contribution is 2.35. The first kappa shape index (κ1) is 11.0. The maximum Gasteiger partial charge on any atom is 0.200 e. The summed E-state index contributed by atoms with van der Waals surface area (Å²) in [6, 6.07) is 5.83. The van der Waals surface area contributed by atoms with Crippen LogP contribution in [0.25, 0.3) is 11.3 Å². The first-order valence-electron chi connectivity index (χ1n) is 5.85. The number of nitrogens with two attached hydrogens (primary N) is 1. The molecule has 94 valence electrons. The van der Waals surface area contributed by atoms with E-state index in [1.165, 1.54) is 0 Å². The molecular formula is C13H15N3O2. The van der Waals surface area contributed by atoms with Gasteiger partial charge in [0.05, 0.1) is 5.69 Å². The summed E-state index contributed by atoms with van der Waals surface area (Å²) in [5, 5.41) is 0. The molecule has 0 amide bonds. The highest BCUT2D eigenvalue weighted by Gasteiger charge is 2.16. The van der Waals surface area contributed by atoms with E-state index >= 15 is 0 Å². The maximum atomic E-state index is 5.81. The molecule has 0 radical (unpaired) electrons. The minimum absolute atomic E-state index is 0.511. The third-order valence-corrected chi connectivity index (χ3v) is 3.23. The molecule has 5 heteroatoms. The van der Waals surface area contributed by atoms with Crippen LogP contribution in [0.1, 0.15) is 5.69 Å². The number of anilines is 1. The van der Waals surface area contributed by atoms with E-state index in [-0.39, 0.29) is 0 Å². The second-order valence-corrected chi connectivity index (χ2v) is 4.32. The third kappa shape index (κ3) is 1.59. The smallest absolute Gasteiger partial charge is 0.200 e. The molecule has 2 aromatic rings. The zero-order valence-electron chi connectivity index (χ0n) is 10.4. The zero-order valence-corrected chi connectivity index (χ0v) is 10.4. The van der Waals surface area contributed by atoms with Gasteiger partial charge in [0.2, 0.25) is 5.95 Å². The third-order valence-electron chi connectivity index (χ3n) is 3.23. The van der Waals surface area contributed by atoms with Gasteiger partial charge in [0.1, 0.15) is 13.2 Å². The molecule has 0 unspecified atom stereocenters. The van der Waals surface area contributed by atoms with Crippen LogP contribution < -0.4 is 15.2 Å². The van der Waals surface area contributed by atoms with Crippen LogP contribution in [0.3, 0.4) is 0 Å². The van der Waals surface area contributed by atoms with Crippen molar-refractivity contribution in [3.8, 4) is 22.8 Å². The minimum Gasteiger partial charge on any atom is -0.486 e. The lowest BCUT2D eigenvalue weighted by Crippen LogP contribution is -2.15. The van der Waals surface area contributed by atoms with Gasteiger partial charge in [-0.05, 0) is 25.1 Å². The van der Waals surface area contributed by atoms with Gasteiger partial charge in [0, 0.05) is 18.3 Å². The SMILES string of the molecule is Cc1c(-c2ccc3c(c2)OCCO3)nc(N)n1C. The van der Waals surface area contributed by atoms with E-state index in [2.05, 4.69) is 4.98 Å². The summed E-state index contributed by atoms with van der Waals surface area (Å²) in [5.74, 6) is 2.06. The quantitative estimate of drug-likeness (QED) is 0.831. The van der Waals surface area contributed by atoms with E-state index < -0.39 is 0 Å². The molecule has 0 atom stereocenters. The molecule has 1 aromatic carbocycles. The first-order valence-corrected chi connectivity index (χ1v) is 5.85. The molecule has 2 heterocycles. The van der Waals surface area contributed by atoms with Gasteiger partial charge in [0.25, 0.3) is 0 Å². The largest absolute Gasteiger partial charge is 0.486 e. The van der Waals surface area contributed by atoms with E-state index in [4.69, 9.17) is 15.2 Å². The summed E-state index contributed by atoms with van der Waals surface area (Å²) in [7, 11) is 1.90. The van der Waals surface area contributed by atoms with Gasteiger partial charge in [-0.3, -0.25) is 0 Å². The molecule has 1 aliphatic heterocycles. The van der Waals surface area contributed by atoms with Gasteiger partial charge in [-0.15, -0.1) is 0 Å². The average molecular weight is 245 g/mol. The van der Waals surface area contributed by atoms with Gasteiger partial charge in [-0.1, -0.05) is 0 Å². The molecule has 1 aromatic heterocycles. The fourth-order valence-corrected chi connectivity index (χ4v) is 2.07. The maximum absolute atomic E-state index is 5.81. The van der Waals surface area contributed by atoms with Gasteiger partial charge < -0.3 is 19.8 Å². The van der Waals surface area contributed by atoms with Crippen LogP contribution in [0.15, 0.2) is 18.2 Å². The number of imidazole rings is 1. The Labute approximate surface area is 105 Å². The Hall–Kier alpha value is -2.17. The number of nitrogens with zero attached hydrogens (tertiary/aromatic N) is 2. The number of fused-ring (bicyclic) bond motifs is 1. The van der Waals surface area contributed by atoms with Gasteiger partial charge in [0.15, 0.2) is 11.5 Å². The topological polar surface area (TPSA) is 62.3 Å². The molecule has 0 saturated carbocycles. The lowest BCUT2D eigenvalue weighted by molar-refractivity contribution is 0.171. The van der Waals surface area contributed by atoms with Crippen LogP contribution >= 0.6 is 0 Å². The van der Waals surface area contributed by atoms with Crippen molar-refractivity contribution in [1.82, 2.24) is 9.55 Å². The molecule has 0 spiro atoms. The Bertz CT molecular complexity index is 605. The molecule has 0 fully saturated rings. The fourth-order valence-electron chi connectivity index (χ4n) is 2.07. The Morgan fingerprint density at radius 1 is 1.22 bits per heavy atom. The van der Waals surface area contributed by atoms with Crippen LogP contribution in [0, 0.1) is 6.92 Å². The molecule has 3 rings (SSSR count). The van der Waals surface area contributed by atoms with Crippen molar-refractivity contribution in [3.05, 3.63) is 23.9 Å². The fraction of sp³-hybridized carbons (Fsp3) is 0.308. The Kier molecular flexibility index (Phi) is 2.40. The second kappa shape index (κ2) is 3.94. The van der Waals surface area contributed by atoms with E-state index in [1.807, 2.05) is 36.7 Å². The van der Waals surface area contributed by atoms with Crippen LogP contribution in [-0.2, 0) is 7.05 Å². The number of benzene rings is 1. The minimum atomic E-state index is 0.511. The van der Waals surface area contributed by atoms with Crippen molar-refractivity contribution in [2.24, 2.45) is 7.05 Å². The number of hydrogen-bond acceptors (Lipinski definition) is 4. The van der Waals surface area contributed by atoms with Crippen LogP contribution in [-0.4, -0.2) is 22.8 Å². The standard InChI is InChI=1S/C13H15N3O2/c1-8-12(15-13(14)16(8)2)9-3-4-10-11(7-9)18-6-5-17-10/h3-4,7H,5-6H2,1-2H3,(H2,14,15). The molecule has 18 heavy (non-hydrogen) atoms.